The van der Waals surface area contributed by atoms with Crippen LogP contribution in [0.5, 0.6) is 0 Å². The molecular formula is C19H29NO2. The fraction of sp³-hybridized carbons (Fsp3) is 0.789. The van der Waals surface area contributed by atoms with Crippen molar-refractivity contribution >= 4 is 0 Å². The third-order valence-electron chi connectivity index (χ3n) is 7.75. The average molecular weight is 303 g/mol. The van der Waals surface area contributed by atoms with Crippen molar-refractivity contribution in [2.45, 2.75) is 57.8 Å². The molecule has 3 heteroatoms. The summed E-state index contributed by atoms with van der Waals surface area (Å²) < 4.78 is 0. The molecular weight excluding hydrogens is 274 g/mol. The molecule has 2 fully saturated rings. The first-order chi connectivity index (χ1) is 10.5. The highest BCUT2D eigenvalue weighted by Gasteiger charge is 2.61. The third kappa shape index (κ3) is 1.73. The van der Waals surface area contributed by atoms with E-state index in [2.05, 4.69) is 31.2 Å². The van der Waals surface area contributed by atoms with Crippen LogP contribution in [0.2, 0.25) is 0 Å². The number of hydrogen-bond acceptors (Lipinski definition) is 3. The lowest BCUT2D eigenvalue weighted by Gasteiger charge is -2.57. The highest BCUT2D eigenvalue weighted by atomic mass is 16.5. The molecule has 0 heterocycles. The zero-order valence-corrected chi connectivity index (χ0v) is 13.5. The first kappa shape index (κ1) is 14.9. The molecule has 4 rings (SSSR count). The van der Waals surface area contributed by atoms with Gasteiger partial charge in [0.2, 0.25) is 0 Å². The fourth-order valence-corrected chi connectivity index (χ4v) is 6.49. The van der Waals surface area contributed by atoms with Crippen LogP contribution in [0.4, 0.5) is 0 Å². The molecule has 0 radical (unpaired) electrons. The summed E-state index contributed by atoms with van der Waals surface area (Å²) in [7, 11) is 0. The van der Waals surface area contributed by atoms with Crippen molar-refractivity contribution in [3.8, 4) is 0 Å². The van der Waals surface area contributed by atoms with Crippen LogP contribution < -0.4 is 5.73 Å². The maximum absolute atomic E-state index is 10.1. The Labute approximate surface area is 133 Å². The molecule has 0 bridgehead atoms. The lowest BCUT2D eigenvalue weighted by atomic mass is 9.48. The Morgan fingerprint density at radius 1 is 1.09 bits per heavy atom. The topological polar surface area (TPSA) is 66.5 Å². The molecule has 0 aliphatic heterocycles. The summed E-state index contributed by atoms with van der Waals surface area (Å²) in [5.74, 6) is 2.06. The highest BCUT2D eigenvalue weighted by molar-refractivity contribution is 5.23. The van der Waals surface area contributed by atoms with Crippen LogP contribution in [0.3, 0.4) is 0 Å². The zero-order chi connectivity index (χ0) is 15.5. The van der Waals surface area contributed by atoms with Crippen molar-refractivity contribution in [2.24, 2.45) is 40.2 Å². The largest absolute Gasteiger partial charge is 0.368 e. The normalized spacial score (nSPS) is 53.2. The summed E-state index contributed by atoms with van der Waals surface area (Å²) in [6.45, 7) is 2.42. The van der Waals surface area contributed by atoms with E-state index >= 15 is 0 Å². The van der Waals surface area contributed by atoms with Gasteiger partial charge in [-0.1, -0.05) is 31.2 Å². The molecule has 0 aromatic rings. The van der Waals surface area contributed by atoms with Gasteiger partial charge in [-0.3, -0.25) is 0 Å². The monoisotopic (exact) mass is 303 g/mol. The number of rotatable bonds is 1. The zero-order valence-electron chi connectivity index (χ0n) is 13.5. The average Bonchev–Trinajstić information content (AvgIpc) is 2.85. The van der Waals surface area contributed by atoms with E-state index < -0.39 is 11.7 Å². The van der Waals surface area contributed by atoms with E-state index in [1.807, 2.05) is 0 Å². The van der Waals surface area contributed by atoms with Gasteiger partial charge in [0.1, 0.15) is 0 Å². The van der Waals surface area contributed by atoms with Gasteiger partial charge in [0.25, 0.3) is 0 Å². The predicted octanol–water partition coefficient (Wildman–Crippen LogP) is 2.59. The molecule has 0 aromatic heterocycles. The SMILES string of the molecule is C[C@]12C=CCCC1C=C[C@H]1[C@@H]3CC[C@H](N)[C@@]3(C(O)O)CC[C@@H]12. The molecule has 22 heavy (non-hydrogen) atoms. The van der Waals surface area contributed by atoms with E-state index in [-0.39, 0.29) is 11.5 Å². The van der Waals surface area contributed by atoms with Gasteiger partial charge in [0.15, 0.2) is 6.29 Å². The Bertz CT molecular complexity index is 514. The molecule has 1 unspecified atom stereocenters. The van der Waals surface area contributed by atoms with Crippen LogP contribution in [-0.4, -0.2) is 22.5 Å². The second kappa shape index (κ2) is 4.93. The molecule has 4 aliphatic carbocycles. The second-order valence-corrected chi connectivity index (χ2v) is 8.34. The standard InChI is InChI=1S/C19H29NO2/c1-18-10-3-2-4-12(18)5-6-13-14(18)9-11-19(17(21)22)15(13)7-8-16(19)20/h3,5-6,10,12-17,21-22H,2,4,7-9,11,20H2,1H3/t12?,13-,14+,15+,16+,18+,19-/m1/s1. The molecule has 4 N–H and O–H groups in total. The smallest absolute Gasteiger partial charge is 0.158 e. The number of aliphatic hydroxyl groups is 2. The number of allylic oxidation sites excluding steroid dienone is 4. The molecule has 122 valence electrons. The lowest BCUT2D eigenvalue weighted by molar-refractivity contribution is -0.187. The van der Waals surface area contributed by atoms with Crippen molar-refractivity contribution in [3.63, 3.8) is 0 Å². The van der Waals surface area contributed by atoms with Gasteiger partial charge in [0, 0.05) is 11.5 Å². The van der Waals surface area contributed by atoms with E-state index in [4.69, 9.17) is 5.73 Å². The van der Waals surface area contributed by atoms with Crippen molar-refractivity contribution < 1.29 is 10.2 Å². The van der Waals surface area contributed by atoms with E-state index in [9.17, 15) is 10.2 Å². The van der Waals surface area contributed by atoms with Crippen molar-refractivity contribution in [2.75, 3.05) is 0 Å². The molecule has 3 nitrogen and oxygen atoms in total. The lowest BCUT2D eigenvalue weighted by Crippen LogP contribution is -2.57. The number of fused-ring (bicyclic) bond motifs is 5. The fourth-order valence-electron chi connectivity index (χ4n) is 6.49. The van der Waals surface area contributed by atoms with Crippen molar-refractivity contribution in [1.82, 2.24) is 0 Å². The Hall–Kier alpha value is -0.640. The van der Waals surface area contributed by atoms with Gasteiger partial charge in [-0.2, -0.15) is 0 Å². The Morgan fingerprint density at radius 3 is 2.68 bits per heavy atom. The van der Waals surface area contributed by atoms with E-state index in [1.165, 1.54) is 12.8 Å². The van der Waals surface area contributed by atoms with Crippen molar-refractivity contribution in [1.29, 1.82) is 0 Å². The van der Waals surface area contributed by atoms with Crippen LogP contribution in [0.25, 0.3) is 0 Å². The predicted molar refractivity (Wildman–Crippen MR) is 86.7 cm³/mol. The molecule has 4 aliphatic rings. The van der Waals surface area contributed by atoms with Crippen LogP contribution in [0.1, 0.15) is 45.4 Å². The van der Waals surface area contributed by atoms with Crippen LogP contribution in [0, 0.1) is 34.5 Å². The molecule has 7 atom stereocenters. The number of aliphatic hydroxyl groups excluding tert-OH is 1. The summed E-state index contributed by atoms with van der Waals surface area (Å²) in [5, 5.41) is 20.3. The van der Waals surface area contributed by atoms with Gasteiger partial charge in [-0.15, -0.1) is 0 Å². The molecule has 0 aromatic carbocycles. The highest BCUT2D eigenvalue weighted by Crippen LogP contribution is 2.64. The van der Waals surface area contributed by atoms with Crippen LogP contribution in [-0.2, 0) is 0 Å². The van der Waals surface area contributed by atoms with E-state index in [0.717, 1.165) is 25.7 Å². The van der Waals surface area contributed by atoms with Gasteiger partial charge in [-0.05, 0) is 67.6 Å². The minimum absolute atomic E-state index is 0.0701. The maximum Gasteiger partial charge on any atom is 0.158 e. The van der Waals surface area contributed by atoms with Crippen LogP contribution in [0.15, 0.2) is 24.3 Å². The van der Waals surface area contributed by atoms with E-state index in [1.54, 1.807) is 0 Å². The second-order valence-electron chi connectivity index (χ2n) is 8.34. The van der Waals surface area contributed by atoms with Gasteiger partial charge in [-0.25, -0.2) is 0 Å². The molecule has 0 saturated heterocycles. The van der Waals surface area contributed by atoms with Crippen LogP contribution >= 0.6 is 0 Å². The summed E-state index contributed by atoms with van der Waals surface area (Å²) in [6, 6.07) is -0.0701. The number of hydrogen-bond donors (Lipinski definition) is 3. The van der Waals surface area contributed by atoms with Gasteiger partial charge in [0.05, 0.1) is 0 Å². The summed E-state index contributed by atoms with van der Waals surface area (Å²) in [5.41, 5.74) is 6.12. The van der Waals surface area contributed by atoms with Gasteiger partial charge < -0.3 is 15.9 Å². The Balaban J connectivity index is 1.74. The van der Waals surface area contributed by atoms with E-state index in [0.29, 0.717) is 23.7 Å². The third-order valence-corrected chi connectivity index (χ3v) is 7.75. The maximum atomic E-state index is 10.1. The van der Waals surface area contributed by atoms with Crippen molar-refractivity contribution in [3.05, 3.63) is 24.3 Å². The minimum atomic E-state index is -1.28. The first-order valence-corrected chi connectivity index (χ1v) is 8.98. The van der Waals surface area contributed by atoms with Gasteiger partial charge >= 0.3 is 0 Å². The molecule has 0 spiro atoms. The summed E-state index contributed by atoms with van der Waals surface area (Å²) in [4.78, 5) is 0. The first-order valence-electron chi connectivity index (χ1n) is 8.98. The molecule has 0 amide bonds. The number of nitrogens with two attached hydrogens (primary N) is 1. The summed E-state index contributed by atoms with van der Waals surface area (Å²) >= 11 is 0. The minimum Gasteiger partial charge on any atom is -0.368 e. The molecule has 2 saturated carbocycles. The Kier molecular flexibility index (Phi) is 3.34. The summed E-state index contributed by atoms with van der Waals surface area (Å²) in [6.07, 6.45) is 14.7. The quantitative estimate of drug-likeness (QED) is 0.515. The Morgan fingerprint density at radius 2 is 1.91 bits per heavy atom.